The first-order valence-electron chi connectivity index (χ1n) is 10.9. The molecule has 2 aliphatic carbocycles. The Bertz CT molecular complexity index is 1240. The van der Waals surface area contributed by atoms with E-state index in [-0.39, 0.29) is 11.7 Å². The van der Waals surface area contributed by atoms with Crippen LogP contribution in [-0.4, -0.2) is 11.6 Å². The summed E-state index contributed by atoms with van der Waals surface area (Å²) in [7, 11) is 0. The number of thiophene rings is 2. The van der Waals surface area contributed by atoms with Crippen LogP contribution in [-0.2, 0) is 17.6 Å². The van der Waals surface area contributed by atoms with E-state index in [2.05, 4.69) is 11.0 Å². The van der Waals surface area contributed by atoms with Gasteiger partial charge in [-0.25, -0.2) is 4.99 Å². The van der Waals surface area contributed by atoms with Gasteiger partial charge in [0.1, 0.15) is 10.8 Å². The summed E-state index contributed by atoms with van der Waals surface area (Å²) in [5, 5.41) is 15.3. The van der Waals surface area contributed by atoms with Gasteiger partial charge < -0.3 is 5.73 Å². The van der Waals surface area contributed by atoms with Crippen LogP contribution in [0.3, 0.4) is 0 Å². The maximum absolute atomic E-state index is 13.2. The molecule has 4 heterocycles. The van der Waals surface area contributed by atoms with Gasteiger partial charge in [-0.1, -0.05) is 6.42 Å². The molecule has 1 atom stereocenters. The SMILES string of the molecule is N#CC1=C2N=C(N)c3c(sc4c3CCCCC4)N2C2=C(C(=O)CCC2)C1c1ccsc1. The summed E-state index contributed by atoms with van der Waals surface area (Å²) in [6, 6.07) is 4.43. The quantitative estimate of drug-likeness (QED) is 0.615. The first-order valence-corrected chi connectivity index (χ1v) is 12.7. The number of carbonyl (C=O) groups is 1. The summed E-state index contributed by atoms with van der Waals surface area (Å²) < 4.78 is 0. The molecule has 0 amide bonds. The van der Waals surface area contributed by atoms with Crippen LogP contribution < -0.4 is 10.6 Å². The third kappa shape index (κ3) is 2.71. The first kappa shape index (κ1) is 19.0. The van der Waals surface area contributed by atoms with Crippen molar-refractivity contribution in [3.05, 3.63) is 61.1 Å². The molecule has 0 radical (unpaired) electrons. The maximum atomic E-state index is 13.2. The highest BCUT2D eigenvalue weighted by molar-refractivity contribution is 7.17. The third-order valence-electron chi connectivity index (χ3n) is 6.81. The van der Waals surface area contributed by atoms with E-state index >= 15 is 0 Å². The van der Waals surface area contributed by atoms with Crippen molar-refractivity contribution >= 4 is 39.3 Å². The number of aliphatic imine (C=N–C) groups is 1. The number of ketones is 1. The Hall–Kier alpha value is -2.69. The second-order valence-electron chi connectivity index (χ2n) is 8.55. The highest BCUT2D eigenvalue weighted by Gasteiger charge is 2.44. The molecule has 5 nitrogen and oxygen atoms in total. The number of nitrogens with zero attached hydrogens (tertiary/aromatic N) is 3. The number of hydrogen-bond acceptors (Lipinski definition) is 7. The molecule has 6 rings (SSSR count). The normalized spacial score (nSPS) is 22.8. The monoisotopic (exact) mass is 446 g/mol. The third-order valence-corrected chi connectivity index (χ3v) is 8.79. The fourth-order valence-electron chi connectivity index (χ4n) is 5.46. The van der Waals surface area contributed by atoms with Crippen LogP contribution in [0.4, 0.5) is 5.00 Å². The Morgan fingerprint density at radius 2 is 2.03 bits per heavy atom. The number of nitrogens with two attached hydrogens (primary N) is 1. The largest absolute Gasteiger partial charge is 0.383 e. The summed E-state index contributed by atoms with van der Waals surface area (Å²) >= 11 is 3.37. The van der Waals surface area contributed by atoms with Crippen molar-refractivity contribution in [1.82, 2.24) is 0 Å². The van der Waals surface area contributed by atoms with Gasteiger partial charge in [0.2, 0.25) is 0 Å². The second-order valence-corrected chi connectivity index (χ2v) is 10.4. The van der Waals surface area contributed by atoms with Crippen LogP contribution in [0.25, 0.3) is 0 Å². The minimum absolute atomic E-state index is 0.159. The molecule has 31 heavy (non-hydrogen) atoms. The van der Waals surface area contributed by atoms with Crippen LogP contribution in [0.5, 0.6) is 0 Å². The highest BCUT2D eigenvalue weighted by Crippen LogP contribution is 2.53. The number of rotatable bonds is 1. The molecule has 0 saturated heterocycles. The average molecular weight is 447 g/mol. The molecule has 0 aromatic carbocycles. The van der Waals surface area contributed by atoms with E-state index in [9.17, 15) is 10.1 Å². The molecule has 2 aliphatic heterocycles. The molecular weight excluding hydrogens is 424 g/mol. The van der Waals surface area contributed by atoms with Crippen molar-refractivity contribution in [2.24, 2.45) is 10.7 Å². The van der Waals surface area contributed by atoms with Gasteiger partial charge in [0, 0.05) is 22.6 Å². The van der Waals surface area contributed by atoms with Crippen molar-refractivity contribution in [2.75, 3.05) is 4.90 Å². The topological polar surface area (TPSA) is 82.5 Å². The lowest BCUT2D eigenvalue weighted by molar-refractivity contribution is -0.116. The lowest BCUT2D eigenvalue weighted by atomic mass is 9.76. The van der Waals surface area contributed by atoms with Gasteiger partial charge in [0.25, 0.3) is 0 Å². The Kier molecular flexibility index (Phi) is 4.41. The molecule has 0 saturated carbocycles. The van der Waals surface area contributed by atoms with Gasteiger partial charge >= 0.3 is 0 Å². The highest BCUT2D eigenvalue weighted by atomic mass is 32.1. The molecule has 2 aromatic rings. The number of nitriles is 1. The number of hydrogen-bond donors (Lipinski definition) is 1. The van der Waals surface area contributed by atoms with E-state index in [0.29, 0.717) is 23.7 Å². The molecule has 0 spiro atoms. The van der Waals surface area contributed by atoms with Crippen molar-refractivity contribution < 1.29 is 4.79 Å². The van der Waals surface area contributed by atoms with Gasteiger partial charge in [-0.3, -0.25) is 9.69 Å². The Morgan fingerprint density at radius 3 is 2.84 bits per heavy atom. The Labute approximate surface area is 189 Å². The number of Topliss-reactive ketones (excluding diaryl/α,β-unsaturated/α-hetero) is 1. The van der Waals surface area contributed by atoms with Crippen LogP contribution >= 0.6 is 22.7 Å². The molecule has 1 unspecified atom stereocenters. The standard InChI is InChI=1S/C24H22N4OS2/c25-11-15-19(13-9-10-30-12-13)21-16(6-4-7-17(21)29)28-23(15)27-22(26)20-14-5-2-1-3-8-18(14)31-24(20)28/h9-10,12,19H,1-8H2,(H2,26,27). The van der Waals surface area contributed by atoms with Gasteiger partial charge in [0.15, 0.2) is 11.6 Å². The van der Waals surface area contributed by atoms with E-state index in [1.807, 2.05) is 16.8 Å². The van der Waals surface area contributed by atoms with Crippen molar-refractivity contribution in [2.45, 2.75) is 57.3 Å². The van der Waals surface area contributed by atoms with Gasteiger partial charge in [0.05, 0.1) is 23.1 Å². The van der Waals surface area contributed by atoms with Gasteiger partial charge in [-0.15, -0.1) is 11.3 Å². The lowest BCUT2D eigenvalue weighted by Gasteiger charge is -2.40. The van der Waals surface area contributed by atoms with E-state index in [0.717, 1.165) is 53.1 Å². The van der Waals surface area contributed by atoms with Crippen LogP contribution in [0, 0.1) is 11.3 Å². The smallest absolute Gasteiger partial charge is 0.161 e. The fraction of sp³-hybridized carbons (Fsp3) is 0.375. The van der Waals surface area contributed by atoms with E-state index in [1.165, 1.54) is 29.7 Å². The number of allylic oxidation sites excluding steroid dienone is 3. The predicted octanol–water partition coefficient (Wildman–Crippen LogP) is 5.14. The van der Waals surface area contributed by atoms with Crippen LogP contribution in [0.15, 0.2) is 44.5 Å². The summed E-state index contributed by atoms with van der Waals surface area (Å²) in [6.07, 6.45) is 7.90. The molecular formula is C24H22N4OS2. The molecule has 4 aliphatic rings. The molecule has 2 aromatic heterocycles. The van der Waals surface area contributed by atoms with Crippen LogP contribution in [0.2, 0.25) is 0 Å². The molecule has 0 fully saturated rings. The number of carbonyl (C=O) groups excluding carboxylic acids is 1. The van der Waals surface area contributed by atoms with Crippen LogP contribution in [0.1, 0.15) is 66.0 Å². The lowest BCUT2D eigenvalue weighted by Crippen LogP contribution is -2.38. The number of amidine groups is 1. The second kappa shape index (κ2) is 7.18. The van der Waals surface area contributed by atoms with Gasteiger partial charge in [-0.2, -0.15) is 16.6 Å². The molecule has 156 valence electrons. The number of aryl methyl sites for hydroxylation is 1. The maximum Gasteiger partial charge on any atom is 0.161 e. The molecule has 7 heteroatoms. The van der Waals surface area contributed by atoms with E-state index in [4.69, 9.17) is 10.7 Å². The van der Waals surface area contributed by atoms with E-state index < -0.39 is 0 Å². The molecule has 2 N–H and O–H groups in total. The fourth-order valence-corrected chi connectivity index (χ4v) is 7.58. The summed E-state index contributed by atoms with van der Waals surface area (Å²) in [4.78, 5) is 21.6. The number of anilines is 1. The zero-order valence-electron chi connectivity index (χ0n) is 17.1. The van der Waals surface area contributed by atoms with Crippen molar-refractivity contribution in [1.29, 1.82) is 5.26 Å². The summed E-state index contributed by atoms with van der Waals surface area (Å²) in [6.45, 7) is 0. The minimum atomic E-state index is -0.346. The van der Waals surface area contributed by atoms with E-state index in [1.54, 1.807) is 22.7 Å². The van der Waals surface area contributed by atoms with Gasteiger partial charge in [-0.05, 0) is 66.5 Å². The zero-order valence-corrected chi connectivity index (χ0v) is 18.7. The summed E-state index contributed by atoms with van der Waals surface area (Å²) in [5.41, 5.74) is 12.3. The Morgan fingerprint density at radius 1 is 1.16 bits per heavy atom. The predicted molar refractivity (Wildman–Crippen MR) is 124 cm³/mol. The van der Waals surface area contributed by atoms with Crippen molar-refractivity contribution in [3.8, 4) is 6.07 Å². The molecule has 0 bridgehead atoms. The zero-order chi connectivity index (χ0) is 21.1. The van der Waals surface area contributed by atoms with Crippen molar-refractivity contribution in [3.63, 3.8) is 0 Å². The average Bonchev–Trinajstić information content (AvgIpc) is 3.36. The minimum Gasteiger partial charge on any atom is -0.383 e. The first-order chi connectivity index (χ1) is 15.2. The summed E-state index contributed by atoms with van der Waals surface area (Å²) in [5.74, 6) is 0.949. The number of fused-ring (bicyclic) bond motifs is 6. The Balaban J connectivity index is 1.64.